The molecule has 16 heavy (non-hydrogen) atoms. The van der Waals surface area contributed by atoms with Crippen molar-refractivity contribution in [2.45, 2.75) is 19.9 Å². The van der Waals surface area contributed by atoms with Crippen molar-refractivity contribution in [1.82, 2.24) is 4.31 Å². The Balaban J connectivity index is 2.66. The number of nitrogens with zero attached hydrogens (tertiary/aromatic N) is 1. The summed E-state index contributed by atoms with van der Waals surface area (Å²) in [5.41, 5.74) is 5.31. The Bertz CT molecular complexity index is 386. The predicted octanol–water partition coefficient (Wildman–Crippen LogP) is 0.780. The minimum absolute atomic E-state index is 0.0953. The van der Waals surface area contributed by atoms with Gasteiger partial charge in [0, 0.05) is 6.54 Å². The molecule has 5 nitrogen and oxygen atoms in total. The van der Waals surface area contributed by atoms with E-state index in [1.165, 1.54) is 10.6 Å². The monoisotopic (exact) mass is 246 g/mol. The van der Waals surface area contributed by atoms with E-state index in [1.807, 2.05) is 6.92 Å². The zero-order chi connectivity index (χ0) is 12.0. The van der Waals surface area contributed by atoms with Crippen LogP contribution in [-0.4, -0.2) is 31.6 Å². The maximum atomic E-state index is 11.9. The van der Waals surface area contributed by atoms with Crippen molar-refractivity contribution in [3.63, 3.8) is 0 Å². The predicted molar refractivity (Wildman–Crippen MR) is 62.3 cm³/mol. The second-order valence-corrected chi connectivity index (χ2v) is 5.55. The molecule has 0 aliphatic rings. The first-order valence-electron chi connectivity index (χ1n) is 5.30. The minimum Gasteiger partial charge on any atom is -0.468 e. The van der Waals surface area contributed by atoms with E-state index >= 15 is 0 Å². The maximum Gasteiger partial charge on any atom is 0.214 e. The molecule has 0 saturated carbocycles. The van der Waals surface area contributed by atoms with Crippen LogP contribution in [0.1, 0.15) is 19.1 Å². The Morgan fingerprint density at radius 1 is 1.50 bits per heavy atom. The highest BCUT2D eigenvalue weighted by atomic mass is 32.2. The van der Waals surface area contributed by atoms with Crippen molar-refractivity contribution in [2.75, 3.05) is 18.8 Å². The van der Waals surface area contributed by atoms with Crippen LogP contribution in [-0.2, 0) is 16.6 Å². The third kappa shape index (κ3) is 3.62. The van der Waals surface area contributed by atoms with Gasteiger partial charge >= 0.3 is 0 Å². The van der Waals surface area contributed by atoms with E-state index in [0.29, 0.717) is 25.3 Å². The lowest BCUT2D eigenvalue weighted by atomic mass is 10.4. The number of sulfonamides is 1. The van der Waals surface area contributed by atoms with Crippen LogP contribution in [0.25, 0.3) is 0 Å². The largest absolute Gasteiger partial charge is 0.468 e. The summed E-state index contributed by atoms with van der Waals surface area (Å²) < 4.78 is 30.3. The first kappa shape index (κ1) is 13.2. The molecule has 0 atom stereocenters. The lowest BCUT2D eigenvalue weighted by molar-refractivity contribution is 0.375. The van der Waals surface area contributed by atoms with Crippen LogP contribution in [0.15, 0.2) is 22.8 Å². The Morgan fingerprint density at radius 3 is 2.75 bits per heavy atom. The van der Waals surface area contributed by atoms with Gasteiger partial charge in [0.1, 0.15) is 5.76 Å². The first-order chi connectivity index (χ1) is 7.60. The molecule has 6 heteroatoms. The van der Waals surface area contributed by atoms with Crippen LogP contribution in [0.4, 0.5) is 0 Å². The number of furan rings is 1. The SMILES string of the molecule is CCN(Cc1ccco1)S(=O)(=O)CCCN. The van der Waals surface area contributed by atoms with Gasteiger partial charge in [-0.25, -0.2) is 8.42 Å². The zero-order valence-electron chi connectivity index (χ0n) is 9.43. The molecule has 2 N–H and O–H groups in total. The number of rotatable bonds is 7. The summed E-state index contributed by atoms with van der Waals surface area (Å²) in [6.45, 7) is 2.92. The normalized spacial score (nSPS) is 12.2. The average molecular weight is 246 g/mol. The molecule has 0 spiro atoms. The van der Waals surface area contributed by atoms with E-state index in [2.05, 4.69) is 0 Å². The zero-order valence-corrected chi connectivity index (χ0v) is 10.2. The number of nitrogens with two attached hydrogens (primary N) is 1. The smallest absolute Gasteiger partial charge is 0.214 e. The fourth-order valence-electron chi connectivity index (χ4n) is 1.38. The van der Waals surface area contributed by atoms with Gasteiger partial charge in [-0.1, -0.05) is 6.92 Å². The molecule has 0 aliphatic heterocycles. The Hall–Kier alpha value is -0.850. The topological polar surface area (TPSA) is 76.5 Å². The second-order valence-electron chi connectivity index (χ2n) is 3.46. The highest BCUT2D eigenvalue weighted by Crippen LogP contribution is 2.10. The van der Waals surface area contributed by atoms with Crippen molar-refractivity contribution < 1.29 is 12.8 Å². The fourth-order valence-corrected chi connectivity index (χ4v) is 2.89. The molecule has 1 heterocycles. The van der Waals surface area contributed by atoms with E-state index < -0.39 is 10.0 Å². The quantitative estimate of drug-likeness (QED) is 0.771. The van der Waals surface area contributed by atoms with Crippen molar-refractivity contribution in [2.24, 2.45) is 5.73 Å². The molecule has 92 valence electrons. The standard InChI is InChI=1S/C10H18N2O3S/c1-2-12(9-10-5-3-7-15-10)16(13,14)8-4-6-11/h3,5,7H,2,4,6,8-9,11H2,1H3. The third-order valence-electron chi connectivity index (χ3n) is 2.26. The van der Waals surface area contributed by atoms with Crippen LogP contribution in [0, 0.1) is 0 Å². The summed E-state index contributed by atoms with van der Waals surface area (Å²) in [4.78, 5) is 0. The molecular weight excluding hydrogens is 228 g/mol. The highest BCUT2D eigenvalue weighted by Gasteiger charge is 2.20. The van der Waals surface area contributed by atoms with Gasteiger partial charge in [-0.05, 0) is 25.1 Å². The summed E-state index contributed by atoms with van der Waals surface area (Å²) in [6.07, 6.45) is 2.02. The van der Waals surface area contributed by atoms with Crippen molar-refractivity contribution in [3.8, 4) is 0 Å². The lowest BCUT2D eigenvalue weighted by Gasteiger charge is -2.18. The summed E-state index contributed by atoms with van der Waals surface area (Å²) >= 11 is 0. The van der Waals surface area contributed by atoms with Gasteiger partial charge in [-0.15, -0.1) is 0 Å². The number of hydrogen-bond donors (Lipinski definition) is 1. The van der Waals surface area contributed by atoms with E-state index in [-0.39, 0.29) is 12.3 Å². The van der Waals surface area contributed by atoms with Gasteiger partial charge in [-0.2, -0.15) is 4.31 Å². The molecule has 1 aromatic heterocycles. The van der Waals surface area contributed by atoms with Crippen molar-refractivity contribution >= 4 is 10.0 Å². The van der Waals surface area contributed by atoms with Crippen LogP contribution in [0.3, 0.4) is 0 Å². The number of hydrogen-bond acceptors (Lipinski definition) is 4. The Morgan fingerprint density at radius 2 is 2.25 bits per heavy atom. The summed E-state index contributed by atoms with van der Waals surface area (Å²) in [6, 6.07) is 3.51. The van der Waals surface area contributed by atoms with Crippen LogP contribution < -0.4 is 5.73 Å². The highest BCUT2D eigenvalue weighted by molar-refractivity contribution is 7.89. The fraction of sp³-hybridized carbons (Fsp3) is 0.600. The molecule has 0 unspecified atom stereocenters. The Labute approximate surface area is 96.3 Å². The molecule has 0 amide bonds. The maximum absolute atomic E-state index is 11.9. The average Bonchev–Trinajstić information content (AvgIpc) is 2.75. The van der Waals surface area contributed by atoms with E-state index in [9.17, 15) is 8.42 Å². The summed E-state index contributed by atoms with van der Waals surface area (Å²) in [7, 11) is -3.22. The summed E-state index contributed by atoms with van der Waals surface area (Å²) in [5, 5.41) is 0. The lowest BCUT2D eigenvalue weighted by Crippen LogP contribution is -2.32. The van der Waals surface area contributed by atoms with E-state index in [4.69, 9.17) is 10.2 Å². The molecule has 0 aliphatic carbocycles. The van der Waals surface area contributed by atoms with Crippen LogP contribution in [0.5, 0.6) is 0 Å². The van der Waals surface area contributed by atoms with E-state index in [1.54, 1.807) is 12.1 Å². The molecule has 0 saturated heterocycles. The van der Waals surface area contributed by atoms with Crippen LogP contribution in [0.2, 0.25) is 0 Å². The molecule has 0 aromatic carbocycles. The van der Waals surface area contributed by atoms with Gasteiger partial charge in [-0.3, -0.25) is 0 Å². The van der Waals surface area contributed by atoms with Crippen molar-refractivity contribution in [3.05, 3.63) is 24.2 Å². The van der Waals surface area contributed by atoms with E-state index in [0.717, 1.165) is 0 Å². The van der Waals surface area contributed by atoms with Crippen LogP contribution >= 0.6 is 0 Å². The van der Waals surface area contributed by atoms with Gasteiger partial charge in [0.05, 0.1) is 18.6 Å². The van der Waals surface area contributed by atoms with Crippen molar-refractivity contribution in [1.29, 1.82) is 0 Å². The minimum atomic E-state index is -3.22. The first-order valence-corrected chi connectivity index (χ1v) is 6.91. The summed E-state index contributed by atoms with van der Waals surface area (Å²) in [5.74, 6) is 0.746. The third-order valence-corrected chi connectivity index (χ3v) is 4.24. The Kier molecular flexibility index (Phi) is 4.98. The molecular formula is C10H18N2O3S. The van der Waals surface area contributed by atoms with Gasteiger partial charge in [0.25, 0.3) is 0 Å². The molecule has 1 aromatic rings. The molecule has 1 rings (SSSR count). The van der Waals surface area contributed by atoms with Gasteiger partial charge in [0.15, 0.2) is 0 Å². The van der Waals surface area contributed by atoms with Gasteiger partial charge in [0.2, 0.25) is 10.0 Å². The second kappa shape index (κ2) is 6.03. The van der Waals surface area contributed by atoms with Gasteiger partial charge < -0.3 is 10.2 Å². The molecule has 0 fully saturated rings. The molecule has 0 radical (unpaired) electrons. The molecule has 0 bridgehead atoms.